The van der Waals surface area contributed by atoms with Crippen LogP contribution in [0.5, 0.6) is 5.75 Å². The van der Waals surface area contributed by atoms with Gasteiger partial charge in [-0.1, -0.05) is 18.2 Å². The molecule has 2 N–H and O–H groups in total. The Kier molecular flexibility index (Phi) is 6.67. The predicted octanol–water partition coefficient (Wildman–Crippen LogP) is 4.57. The lowest BCUT2D eigenvalue weighted by molar-refractivity contribution is 0.0520. The Morgan fingerprint density at radius 2 is 1.71 bits per heavy atom. The first kappa shape index (κ1) is 21.3. The van der Waals surface area contributed by atoms with Gasteiger partial charge in [0, 0.05) is 0 Å². The van der Waals surface area contributed by atoms with Gasteiger partial charge in [0.05, 0.1) is 12.1 Å². The average Bonchev–Trinajstić information content (AvgIpc) is 2.59. The molecule has 6 nitrogen and oxygen atoms in total. The van der Waals surface area contributed by atoms with Crippen LogP contribution in [0.25, 0.3) is 11.1 Å². The van der Waals surface area contributed by atoms with Crippen molar-refractivity contribution in [3.63, 3.8) is 0 Å². The van der Waals surface area contributed by atoms with Crippen molar-refractivity contribution in [1.82, 2.24) is 5.32 Å². The molecule has 0 unspecified atom stereocenters. The van der Waals surface area contributed by atoms with Crippen molar-refractivity contribution >= 4 is 12.1 Å². The summed E-state index contributed by atoms with van der Waals surface area (Å²) in [5, 5.41) is 12.0. The summed E-state index contributed by atoms with van der Waals surface area (Å²) >= 11 is 0. The SMILES string of the molecule is Cc1ccc(-c2cc(OCCNC(=O)OC(C)(C)C)cc(C(=O)O)c2)cc1C. The predicted molar refractivity (Wildman–Crippen MR) is 108 cm³/mol. The van der Waals surface area contributed by atoms with Crippen molar-refractivity contribution in [2.45, 2.75) is 40.2 Å². The first-order valence-electron chi connectivity index (χ1n) is 9.11. The number of amides is 1. The number of carbonyl (C=O) groups excluding carboxylic acids is 1. The van der Waals surface area contributed by atoms with Crippen LogP contribution in [-0.2, 0) is 4.74 Å². The third-order valence-corrected chi connectivity index (χ3v) is 4.03. The van der Waals surface area contributed by atoms with E-state index in [2.05, 4.69) is 5.32 Å². The Bertz CT molecular complexity index is 868. The van der Waals surface area contributed by atoms with E-state index in [1.54, 1.807) is 32.9 Å². The van der Waals surface area contributed by atoms with Crippen LogP contribution in [0.1, 0.15) is 42.3 Å². The number of carbonyl (C=O) groups is 2. The zero-order valence-electron chi connectivity index (χ0n) is 17.0. The number of hydrogen-bond acceptors (Lipinski definition) is 4. The fourth-order valence-electron chi connectivity index (χ4n) is 2.53. The maximum absolute atomic E-state index is 11.6. The van der Waals surface area contributed by atoms with Crippen LogP contribution in [0, 0.1) is 13.8 Å². The van der Waals surface area contributed by atoms with Gasteiger partial charge in [0.2, 0.25) is 0 Å². The van der Waals surface area contributed by atoms with Gasteiger partial charge in [-0.05, 0) is 75.1 Å². The molecule has 0 heterocycles. The molecule has 0 radical (unpaired) electrons. The Morgan fingerprint density at radius 1 is 1.00 bits per heavy atom. The summed E-state index contributed by atoms with van der Waals surface area (Å²) in [5.41, 5.74) is 3.55. The van der Waals surface area contributed by atoms with Crippen LogP contribution in [0.4, 0.5) is 4.79 Å². The van der Waals surface area contributed by atoms with Gasteiger partial charge < -0.3 is 19.9 Å². The van der Waals surface area contributed by atoms with Gasteiger partial charge in [-0.2, -0.15) is 0 Å². The molecule has 6 heteroatoms. The number of ether oxygens (including phenoxy) is 2. The maximum atomic E-state index is 11.6. The molecule has 0 aliphatic heterocycles. The largest absolute Gasteiger partial charge is 0.492 e. The van der Waals surface area contributed by atoms with E-state index in [4.69, 9.17) is 9.47 Å². The van der Waals surface area contributed by atoms with Crippen LogP contribution in [-0.4, -0.2) is 35.9 Å². The summed E-state index contributed by atoms with van der Waals surface area (Å²) < 4.78 is 10.8. The third-order valence-electron chi connectivity index (χ3n) is 4.03. The number of carboxylic acid groups (broad SMARTS) is 1. The topological polar surface area (TPSA) is 84.9 Å². The van der Waals surface area contributed by atoms with Crippen molar-refractivity contribution in [1.29, 1.82) is 0 Å². The standard InChI is InChI=1S/C22H27NO5/c1-14-6-7-16(10-15(14)2)17-11-18(20(24)25)13-19(12-17)27-9-8-23-21(26)28-22(3,4)5/h6-7,10-13H,8-9H2,1-5H3,(H,23,26)(H,24,25). The Balaban J connectivity index is 2.09. The van der Waals surface area contributed by atoms with E-state index < -0.39 is 17.7 Å². The summed E-state index contributed by atoms with van der Waals surface area (Å²) in [5.74, 6) is -0.596. The molecule has 2 rings (SSSR count). The summed E-state index contributed by atoms with van der Waals surface area (Å²) in [6, 6.07) is 10.9. The van der Waals surface area contributed by atoms with E-state index in [1.807, 2.05) is 32.0 Å². The van der Waals surface area contributed by atoms with Gasteiger partial charge >= 0.3 is 12.1 Å². The minimum atomic E-state index is -1.03. The Labute approximate surface area is 165 Å². The quantitative estimate of drug-likeness (QED) is 0.712. The number of nitrogens with one attached hydrogen (secondary N) is 1. The molecule has 2 aromatic rings. The number of aromatic carboxylic acids is 1. The highest BCUT2D eigenvalue weighted by Crippen LogP contribution is 2.28. The van der Waals surface area contributed by atoms with E-state index in [0.29, 0.717) is 5.75 Å². The molecule has 0 atom stereocenters. The van der Waals surface area contributed by atoms with Gasteiger partial charge in [-0.3, -0.25) is 0 Å². The molecule has 2 aromatic carbocycles. The molecular weight excluding hydrogens is 358 g/mol. The molecule has 0 saturated carbocycles. The second-order valence-corrected chi connectivity index (χ2v) is 7.63. The molecule has 0 aliphatic carbocycles. The van der Waals surface area contributed by atoms with Crippen molar-refractivity contribution in [2.24, 2.45) is 0 Å². The number of benzene rings is 2. The molecule has 28 heavy (non-hydrogen) atoms. The number of carboxylic acids is 1. The highest BCUT2D eigenvalue weighted by Gasteiger charge is 2.15. The first-order chi connectivity index (χ1) is 13.0. The minimum Gasteiger partial charge on any atom is -0.492 e. The van der Waals surface area contributed by atoms with Gasteiger partial charge in [0.1, 0.15) is 18.0 Å². The summed E-state index contributed by atoms with van der Waals surface area (Å²) in [6.07, 6.45) is -0.522. The maximum Gasteiger partial charge on any atom is 0.407 e. The molecule has 0 aromatic heterocycles. The van der Waals surface area contributed by atoms with E-state index in [-0.39, 0.29) is 18.7 Å². The average molecular weight is 385 g/mol. The monoisotopic (exact) mass is 385 g/mol. The lowest BCUT2D eigenvalue weighted by Crippen LogP contribution is -2.34. The summed E-state index contributed by atoms with van der Waals surface area (Å²) in [4.78, 5) is 23.1. The van der Waals surface area contributed by atoms with E-state index in [9.17, 15) is 14.7 Å². The van der Waals surface area contributed by atoms with Crippen molar-refractivity contribution in [3.8, 4) is 16.9 Å². The molecule has 0 bridgehead atoms. The van der Waals surface area contributed by atoms with Gasteiger partial charge in [-0.25, -0.2) is 9.59 Å². The van der Waals surface area contributed by atoms with Crippen molar-refractivity contribution in [2.75, 3.05) is 13.2 Å². The molecule has 0 aliphatic rings. The highest BCUT2D eigenvalue weighted by molar-refractivity contribution is 5.90. The lowest BCUT2D eigenvalue weighted by Gasteiger charge is -2.19. The van der Waals surface area contributed by atoms with Crippen molar-refractivity contribution in [3.05, 3.63) is 53.1 Å². The summed E-state index contributed by atoms with van der Waals surface area (Å²) in [7, 11) is 0. The fourth-order valence-corrected chi connectivity index (χ4v) is 2.53. The van der Waals surface area contributed by atoms with Crippen molar-refractivity contribution < 1.29 is 24.2 Å². The Hall–Kier alpha value is -3.02. The second-order valence-electron chi connectivity index (χ2n) is 7.63. The number of aryl methyl sites for hydroxylation is 2. The van der Waals surface area contributed by atoms with Gasteiger partial charge in [0.25, 0.3) is 0 Å². The van der Waals surface area contributed by atoms with E-state index in [1.165, 1.54) is 11.6 Å². The van der Waals surface area contributed by atoms with Gasteiger partial charge in [0.15, 0.2) is 0 Å². The smallest absolute Gasteiger partial charge is 0.407 e. The van der Waals surface area contributed by atoms with Crippen LogP contribution in [0.15, 0.2) is 36.4 Å². The molecule has 150 valence electrons. The highest BCUT2D eigenvalue weighted by atomic mass is 16.6. The van der Waals surface area contributed by atoms with Crippen LogP contribution >= 0.6 is 0 Å². The van der Waals surface area contributed by atoms with Crippen LogP contribution in [0.2, 0.25) is 0 Å². The third kappa shape index (κ3) is 6.30. The lowest BCUT2D eigenvalue weighted by atomic mass is 9.99. The Morgan fingerprint density at radius 3 is 2.32 bits per heavy atom. The zero-order valence-corrected chi connectivity index (χ0v) is 17.0. The normalized spacial score (nSPS) is 11.0. The first-order valence-corrected chi connectivity index (χ1v) is 9.11. The fraction of sp³-hybridized carbons (Fsp3) is 0.364. The summed E-state index contributed by atoms with van der Waals surface area (Å²) in [6.45, 7) is 9.83. The minimum absolute atomic E-state index is 0.144. The zero-order chi connectivity index (χ0) is 20.9. The van der Waals surface area contributed by atoms with Gasteiger partial charge in [-0.15, -0.1) is 0 Å². The molecular formula is C22H27NO5. The number of rotatable bonds is 6. The molecule has 0 saturated heterocycles. The number of hydrogen-bond donors (Lipinski definition) is 2. The van der Waals surface area contributed by atoms with E-state index in [0.717, 1.165) is 16.7 Å². The van der Waals surface area contributed by atoms with Crippen LogP contribution < -0.4 is 10.1 Å². The van der Waals surface area contributed by atoms with Crippen LogP contribution in [0.3, 0.4) is 0 Å². The van der Waals surface area contributed by atoms with E-state index >= 15 is 0 Å². The second kappa shape index (κ2) is 8.78. The number of alkyl carbamates (subject to hydrolysis) is 1. The molecule has 0 fully saturated rings. The molecule has 1 amide bonds. The molecule has 0 spiro atoms.